The summed E-state index contributed by atoms with van der Waals surface area (Å²) in [5, 5.41) is 11.6. The number of rotatable bonds is 2. The lowest BCUT2D eigenvalue weighted by molar-refractivity contribution is 0.154. The van der Waals surface area contributed by atoms with Gasteiger partial charge >= 0.3 is 0 Å². The van der Waals surface area contributed by atoms with E-state index in [2.05, 4.69) is 4.99 Å². The number of nitrogens with zero attached hydrogens (tertiary/aromatic N) is 1. The minimum atomic E-state index is -1.52. The molecule has 4 nitrogen and oxygen atoms in total. The van der Waals surface area contributed by atoms with Gasteiger partial charge in [0, 0.05) is 16.1 Å². The van der Waals surface area contributed by atoms with Crippen molar-refractivity contribution in [3.63, 3.8) is 0 Å². The standard InChI is InChI=1S/C15H13ClN2O2/c1-20-13-5-3-2-4-10(13)15(19)11-8-9(16)6-7-12(11)18-14(15)17/h2-8,19H,1H3,(H2,17,18). The maximum Gasteiger partial charge on any atom is 0.178 e. The Labute approximate surface area is 121 Å². The third-order valence-electron chi connectivity index (χ3n) is 3.46. The highest BCUT2D eigenvalue weighted by Gasteiger charge is 2.44. The van der Waals surface area contributed by atoms with Crippen LogP contribution in [0.4, 0.5) is 5.69 Å². The minimum absolute atomic E-state index is 0.110. The summed E-state index contributed by atoms with van der Waals surface area (Å²) < 4.78 is 5.31. The first-order chi connectivity index (χ1) is 9.57. The Hall–Kier alpha value is -2.04. The van der Waals surface area contributed by atoms with Gasteiger partial charge in [-0.15, -0.1) is 0 Å². The number of amidine groups is 1. The van der Waals surface area contributed by atoms with Crippen molar-refractivity contribution in [3.05, 3.63) is 58.6 Å². The lowest BCUT2D eigenvalue weighted by atomic mass is 9.86. The maximum absolute atomic E-state index is 11.1. The molecule has 0 spiro atoms. The molecule has 102 valence electrons. The van der Waals surface area contributed by atoms with E-state index in [1.807, 2.05) is 12.1 Å². The van der Waals surface area contributed by atoms with Crippen molar-refractivity contribution in [3.8, 4) is 5.75 Å². The van der Waals surface area contributed by atoms with Gasteiger partial charge in [-0.1, -0.05) is 29.8 Å². The molecule has 0 radical (unpaired) electrons. The highest BCUT2D eigenvalue weighted by Crippen LogP contribution is 2.45. The largest absolute Gasteiger partial charge is 0.496 e. The Morgan fingerprint density at radius 3 is 2.70 bits per heavy atom. The number of hydrogen-bond acceptors (Lipinski definition) is 4. The predicted octanol–water partition coefficient (Wildman–Crippen LogP) is 2.59. The van der Waals surface area contributed by atoms with Gasteiger partial charge in [0.2, 0.25) is 0 Å². The molecule has 1 unspecified atom stereocenters. The molecule has 5 heteroatoms. The molecule has 0 saturated carbocycles. The molecule has 0 saturated heterocycles. The molecule has 0 aromatic heterocycles. The first-order valence-electron chi connectivity index (χ1n) is 6.08. The van der Waals surface area contributed by atoms with Gasteiger partial charge in [0.25, 0.3) is 0 Å². The number of halogens is 1. The second-order valence-corrected chi connectivity index (χ2v) is 5.01. The second-order valence-electron chi connectivity index (χ2n) is 4.57. The number of methoxy groups -OCH3 is 1. The maximum atomic E-state index is 11.1. The van der Waals surface area contributed by atoms with Crippen LogP contribution in [0, 0.1) is 0 Å². The van der Waals surface area contributed by atoms with E-state index in [4.69, 9.17) is 22.1 Å². The molecule has 3 N–H and O–H groups in total. The quantitative estimate of drug-likeness (QED) is 0.892. The van der Waals surface area contributed by atoms with Gasteiger partial charge in [-0.3, -0.25) is 0 Å². The molecule has 3 rings (SSSR count). The topological polar surface area (TPSA) is 67.8 Å². The normalized spacial score (nSPS) is 20.4. The molecule has 1 heterocycles. The van der Waals surface area contributed by atoms with Crippen molar-refractivity contribution in [2.75, 3.05) is 7.11 Å². The number of benzene rings is 2. The van der Waals surface area contributed by atoms with Crippen LogP contribution in [-0.2, 0) is 5.60 Å². The molecular formula is C15H13ClN2O2. The van der Waals surface area contributed by atoms with Crippen LogP contribution in [0.2, 0.25) is 5.02 Å². The van der Waals surface area contributed by atoms with Crippen LogP contribution < -0.4 is 10.5 Å². The average molecular weight is 289 g/mol. The van der Waals surface area contributed by atoms with E-state index in [1.165, 1.54) is 0 Å². The third-order valence-corrected chi connectivity index (χ3v) is 3.69. The highest BCUT2D eigenvalue weighted by molar-refractivity contribution is 6.30. The first-order valence-corrected chi connectivity index (χ1v) is 6.45. The van der Waals surface area contributed by atoms with Crippen LogP contribution in [0.15, 0.2) is 47.5 Å². The summed E-state index contributed by atoms with van der Waals surface area (Å²) in [4.78, 5) is 4.23. The molecule has 20 heavy (non-hydrogen) atoms. The van der Waals surface area contributed by atoms with E-state index in [1.54, 1.807) is 37.4 Å². The third kappa shape index (κ3) is 1.69. The van der Waals surface area contributed by atoms with Crippen molar-refractivity contribution < 1.29 is 9.84 Å². The monoisotopic (exact) mass is 288 g/mol. The molecule has 0 fully saturated rings. The van der Waals surface area contributed by atoms with Crippen molar-refractivity contribution in [2.45, 2.75) is 5.60 Å². The fraction of sp³-hybridized carbons (Fsp3) is 0.133. The van der Waals surface area contributed by atoms with Crippen molar-refractivity contribution in [2.24, 2.45) is 10.7 Å². The highest BCUT2D eigenvalue weighted by atomic mass is 35.5. The predicted molar refractivity (Wildman–Crippen MR) is 78.7 cm³/mol. The fourth-order valence-corrected chi connectivity index (χ4v) is 2.64. The van der Waals surface area contributed by atoms with Crippen LogP contribution in [0.5, 0.6) is 5.75 Å². The summed E-state index contributed by atoms with van der Waals surface area (Å²) in [6.45, 7) is 0. The summed E-state index contributed by atoms with van der Waals surface area (Å²) in [7, 11) is 1.55. The molecular weight excluding hydrogens is 276 g/mol. The van der Waals surface area contributed by atoms with Crippen LogP contribution in [0.1, 0.15) is 11.1 Å². The second kappa shape index (κ2) is 4.51. The van der Waals surface area contributed by atoms with Crippen LogP contribution >= 0.6 is 11.6 Å². The number of ether oxygens (including phenoxy) is 1. The number of fused-ring (bicyclic) bond motifs is 1. The van der Waals surface area contributed by atoms with Gasteiger partial charge in [0.15, 0.2) is 5.60 Å². The Balaban J connectivity index is 2.28. The number of aliphatic hydroxyl groups is 1. The summed E-state index contributed by atoms with van der Waals surface area (Å²) in [5.41, 5.74) is 6.17. The fourth-order valence-electron chi connectivity index (χ4n) is 2.47. The smallest absolute Gasteiger partial charge is 0.178 e. The van der Waals surface area contributed by atoms with Gasteiger partial charge in [0.1, 0.15) is 11.6 Å². The molecule has 0 amide bonds. The van der Waals surface area contributed by atoms with E-state index in [9.17, 15) is 5.11 Å². The van der Waals surface area contributed by atoms with Crippen molar-refractivity contribution in [1.29, 1.82) is 0 Å². The Bertz CT molecular complexity index is 715. The van der Waals surface area contributed by atoms with Gasteiger partial charge in [-0.2, -0.15) is 0 Å². The van der Waals surface area contributed by atoms with Crippen LogP contribution in [0.3, 0.4) is 0 Å². The zero-order chi connectivity index (χ0) is 14.3. The van der Waals surface area contributed by atoms with Gasteiger partial charge in [0.05, 0.1) is 12.8 Å². The van der Waals surface area contributed by atoms with E-state index in [0.717, 1.165) is 0 Å². The Morgan fingerprint density at radius 1 is 1.20 bits per heavy atom. The summed E-state index contributed by atoms with van der Waals surface area (Å²) in [6.07, 6.45) is 0. The zero-order valence-electron chi connectivity index (χ0n) is 10.8. The Morgan fingerprint density at radius 2 is 1.95 bits per heavy atom. The summed E-state index contributed by atoms with van der Waals surface area (Å²) in [5.74, 6) is 0.653. The van der Waals surface area contributed by atoms with Crippen LogP contribution in [-0.4, -0.2) is 18.1 Å². The molecule has 1 atom stereocenters. The molecule has 2 aromatic rings. The number of hydrogen-bond donors (Lipinski definition) is 2. The molecule has 2 aromatic carbocycles. The minimum Gasteiger partial charge on any atom is -0.496 e. The van der Waals surface area contributed by atoms with Gasteiger partial charge < -0.3 is 15.6 Å². The number of nitrogens with two attached hydrogens (primary N) is 1. The van der Waals surface area contributed by atoms with E-state index >= 15 is 0 Å². The number of aliphatic imine (C=N–C) groups is 1. The van der Waals surface area contributed by atoms with Gasteiger partial charge in [-0.25, -0.2) is 4.99 Å². The van der Waals surface area contributed by atoms with Crippen molar-refractivity contribution >= 4 is 23.1 Å². The lowest BCUT2D eigenvalue weighted by Gasteiger charge is -2.26. The lowest BCUT2D eigenvalue weighted by Crippen LogP contribution is -2.39. The van der Waals surface area contributed by atoms with E-state index < -0.39 is 5.60 Å². The van der Waals surface area contributed by atoms with E-state index in [0.29, 0.717) is 27.6 Å². The Kier molecular flexibility index (Phi) is 2.92. The molecule has 0 aliphatic carbocycles. The average Bonchev–Trinajstić information content (AvgIpc) is 2.72. The number of para-hydroxylation sites is 1. The summed E-state index contributed by atoms with van der Waals surface area (Å²) >= 11 is 6.03. The molecule has 1 aliphatic heterocycles. The van der Waals surface area contributed by atoms with Crippen LogP contribution in [0.25, 0.3) is 0 Å². The summed E-state index contributed by atoms with van der Waals surface area (Å²) in [6, 6.07) is 12.3. The van der Waals surface area contributed by atoms with Crippen molar-refractivity contribution in [1.82, 2.24) is 0 Å². The molecule has 0 bridgehead atoms. The zero-order valence-corrected chi connectivity index (χ0v) is 11.6. The molecule has 1 aliphatic rings. The van der Waals surface area contributed by atoms with E-state index in [-0.39, 0.29) is 5.84 Å². The van der Waals surface area contributed by atoms with Gasteiger partial charge in [-0.05, 0) is 24.3 Å². The first kappa shape index (κ1) is 13.0. The SMILES string of the molecule is COc1ccccc1C1(O)C(N)=Nc2ccc(Cl)cc21.